The number of amides is 2. The summed E-state index contributed by atoms with van der Waals surface area (Å²) in [6, 6.07) is 0.249. The summed E-state index contributed by atoms with van der Waals surface area (Å²) in [5, 5.41) is 6.26. The third-order valence-corrected chi connectivity index (χ3v) is 3.15. The van der Waals surface area contributed by atoms with Gasteiger partial charge in [0, 0.05) is 10.9 Å². The Balaban J connectivity index is 1.92. The molecule has 0 radical (unpaired) electrons. The van der Waals surface area contributed by atoms with Gasteiger partial charge in [-0.15, -0.1) is 11.3 Å². The second-order valence-corrected chi connectivity index (χ2v) is 4.74. The molecule has 0 spiro atoms. The highest BCUT2D eigenvalue weighted by atomic mass is 32.1. The van der Waals surface area contributed by atoms with Crippen LogP contribution in [0.25, 0.3) is 0 Å². The standard InChI is InChI=1S/C9H13N3OS/c1-5-6(2)14-9(10-5)12-8(13)11-7-3-4-7/h7H,3-4H2,1-2H3,(H2,10,11,12,13). The molecule has 5 heteroatoms. The topological polar surface area (TPSA) is 54.0 Å². The molecule has 1 aromatic rings. The number of carbonyl (C=O) groups is 1. The fraction of sp³-hybridized carbons (Fsp3) is 0.556. The van der Waals surface area contributed by atoms with Crippen LogP contribution in [0.1, 0.15) is 23.4 Å². The van der Waals surface area contributed by atoms with Crippen molar-refractivity contribution >= 4 is 22.5 Å². The van der Waals surface area contributed by atoms with Crippen molar-refractivity contribution in [2.75, 3.05) is 5.32 Å². The second kappa shape index (κ2) is 3.57. The van der Waals surface area contributed by atoms with Crippen molar-refractivity contribution in [3.05, 3.63) is 10.6 Å². The molecular formula is C9H13N3OS. The molecule has 0 aliphatic heterocycles. The molecule has 1 aliphatic rings. The number of urea groups is 1. The predicted octanol–water partition coefficient (Wildman–Crippen LogP) is 2.04. The summed E-state index contributed by atoms with van der Waals surface area (Å²) in [6.45, 7) is 3.94. The fourth-order valence-corrected chi connectivity index (χ4v) is 1.88. The summed E-state index contributed by atoms with van der Waals surface area (Å²) in [6.07, 6.45) is 2.20. The minimum atomic E-state index is -0.138. The van der Waals surface area contributed by atoms with Crippen LogP contribution in [0.5, 0.6) is 0 Å². The molecule has 1 fully saturated rings. The van der Waals surface area contributed by atoms with Gasteiger partial charge in [0.05, 0.1) is 5.69 Å². The maximum atomic E-state index is 11.3. The molecule has 14 heavy (non-hydrogen) atoms. The van der Waals surface area contributed by atoms with E-state index in [1.807, 2.05) is 13.8 Å². The molecule has 1 saturated carbocycles. The molecule has 4 nitrogen and oxygen atoms in total. The normalized spacial score (nSPS) is 15.3. The molecule has 0 aromatic carbocycles. The molecule has 76 valence electrons. The smallest absolute Gasteiger partial charge is 0.321 e. The van der Waals surface area contributed by atoms with E-state index >= 15 is 0 Å². The van der Waals surface area contributed by atoms with Crippen molar-refractivity contribution in [3.63, 3.8) is 0 Å². The van der Waals surface area contributed by atoms with E-state index in [2.05, 4.69) is 15.6 Å². The van der Waals surface area contributed by atoms with Crippen LogP contribution in [0.2, 0.25) is 0 Å². The molecule has 0 unspecified atom stereocenters. The van der Waals surface area contributed by atoms with Crippen molar-refractivity contribution in [1.29, 1.82) is 0 Å². The van der Waals surface area contributed by atoms with Gasteiger partial charge in [-0.05, 0) is 26.7 Å². The number of nitrogens with one attached hydrogen (secondary N) is 2. The Hall–Kier alpha value is -1.10. The van der Waals surface area contributed by atoms with Gasteiger partial charge in [-0.3, -0.25) is 5.32 Å². The number of hydrogen-bond acceptors (Lipinski definition) is 3. The molecular weight excluding hydrogens is 198 g/mol. The van der Waals surface area contributed by atoms with Gasteiger partial charge < -0.3 is 5.32 Å². The first-order valence-electron chi connectivity index (χ1n) is 4.66. The highest BCUT2D eigenvalue weighted by molar-refractivity contribution is 7.15. The van der Waals surface area contributed by atoms with E-state index < -0.39 is 0 Å². The average molecular weight is 211 g/mol. The van der Waals surface area contributed by atoms with E-state index in [1.54, 1.807) is 0 Å². The van der Waals surface area contributed by atoms with Crippen molar-refractivity contribution in [2.45, 2.75) is 32.7 Å². The van der Waals surface area contributed by atoms with Crippen LogP contribution in [0.15, 0.2) is 0 Å². The van der Waals surface area contributed by atoms with Gasteiger partial charge >= 0.3 is 6.03 Å². The summed E-state index contributed by atoms with van der Waals surface area (Å²) in [7, 11) is 0. The maximum absolute atomic E-state index is 11.3. The van der Waals surface area contributed by atoms with Crippen LogP contribution < -0.4 is 10.6 Å². The Labute approximate surface area is 86.7 Å². The third-order valence-electron chi connectivity index (χ3n) is 2.16. The number of nitrogens with zero attached hydrogens (tertiary/aromatic N) is 1. The van der Waals surface area contributed by atoms with Crippen LogP contribution in [0, 0.1) is 13.8 Å². The number of rotatable bonds is 2. The zero-order valence-electron chi connectivity index (χ0n) is 8.26. The zero-order valence-corrected chi connectivity index (χ0v) is 9.07. The number of anilines is 1. The van der Waals surface area contributed by atoms with Crippen molar-refractivity contribution in [1.82, 2.24) is 10.3 Å². The minimum Gasteiger partial charge on any atom is -0.335 e. The monoisotopic (exact) mass is 211 g/mol. The number of aromatic nitrogens is 1. The highest BCUT2D eigenvalue weighted by Gasteiger charge is 2.23. The molecule has 2 N–H and O–H groups in total. The quantitative estimate of drug-likeness (QED) is 0.786. The van der Waals surface area contributed by atoms with Crippen LogP contribution in [-0.2, 0) is 0 Å². The van der Waals surface area contributed by atoms with Gasteiger partial charge in [0.1, 0.15) is 0 Å². The highest BCUT2D eigenvalue weighted by Crippen LogP contribution is 2.22. The van der Waals surface area contributed by atoms with Crippen molar-refractivity contribution in [3.8, 4) is 0 Å². The largest absolute Gasteiger partial charge is 0.335 e. The van der Waals surface area contributed by atoms with Gasteiger partial charge in [-0.2, -0.15) is 0 Å². The number of aryl methyl sites for hydroxylation is 2. The second-order valence-electron chi connectivity index (χ2n) is 3.53. The summed E-state index contributed by atoms with van der Waals surface area (Å²) < 4.78 is 0. The molecule has 0 atom stereocenters. The van der Waals surface area contributed by atoms with Crippen LogP contribution >= 0.6 is 11.3 Å². The third kappa shape index (κ3) is 2.23. The minimum absolute atomic E-state index is 0.138. The number of thiazole rings is 1. The Morgan fingerprint density at radius 2 is 2.21 bits per heavy atom. The maximum Gasteiger partial charge on any atom is 0.321 e. The van der Waals surface area contributed by atoms with Gasteiger partial charge in [0.2, 0.25) is 0 Å². The first kappa shape index (κ1) is 9.45. The predicted molar refractivity (Wildman–Crippen MR) is 56.8 cm³/mol. The van der Waals surface area contributed by atoms with E-state index in [9.17, 15) is 4.79 Å². The Morgan fingerprint density at radius 1 is 1.50 bits per heavy atom. The van der Waals surface area contributed by atoms with Crippen LogP contribution in [0.4, 0.5) is 9.93 Å². The van der Waals surface area contributed by atoms with E-state index in [0.29, 0.717) is 11.2 Å². The van der Waals surface area contributed by atoms with Gasteiger partial charge in [0.15, 0.2) is 5.13 Å². The SMILES string of the molecule is Cc1nc(NC(=O)NC2CC2)sc1C. The summed E-state index contributed by atoms with van der Waals surface area (Å²) in [4.78, 5) is 16.7. The lowest BCUT2D eigenvalue weighted by Gasteiger charge is -2.01. The van der Waals surface area contributed by atoms with E-state index in [-0.39, 0.29) is 6.03 Å². The van der Waals surface area contributed by atoms with E-state index in [1.165, 1.54) is 11.3 Å². The Kier molecular flexibility index (Phi) is 2.41. The van der Waals surface area contributed by atoms with Crippen LogP contribution in [-0.4, -0.2) is 17.1 Å². The molecule has 0 saturated heterocycles. The fourth-order valence-electron chi connectivity index (χ4n) is 1.07. The average Bonchev–Trinajstić information content (AvgIpc) is 2.82. The lowest BCUT2D eigenvalue weighted by molar-refractivity contribution is 0.251. The molecule has 2 amide bonds. The van der Waals surface area contributed by atoms with Gasteiger partial charge in [-0.25, -0.2) is 9.78 Å². The van der Waals surface area contributed by atoms with Crippen LogP contribution in [0.3, 0.4) is 0 Å². The Morgan fingerprint density at radius 3 is 2.71 bits per heavy atom. The first-order valence-corrected chi connectivity index (χ1v) is 5.48. The molecule has 2 rings (SSSR count). The number of carbonyl (C=O) groups excluding carboxylic acids is 1. The first-order chi connectivity index (χ1) is 6.65. The van der Waals surface area contributed by atoms with Gasteiger partial charge in [0.25, 0.3) is 0 Å². The summed E-state index contributed by atoms with van der Waals surface area (Å²) >= 11 is 1.51. The molecule has 1 aromatic heterocycles. The molecule has 1 heterocycles. The summed E-state index contributed by atoms with van der Waals surface area (Å²) in [5.74, 6) is 0. The molecule has 0 bridgehead atoms. The lowest BCUT2D eigenvalue weighted by atomic mass is 10.4. The zero-order chi connectivity index (χ0) is 10.1. The summed E-state index contributed by atoms with van der Waals surface area (Å²) in [5.41, 5.74) is 0.983. The van der Waals surface area contributed by atoms with Crippen molar-refractivity contribution in [2.24, 2.45) is 0 Å². The van der Waals surface area contributed by atoms with E-state index in [4.69, 9.17) is 0 Å². The van der Waals surface area contributed by atoms with Crippen molar-refractivity contribution < 1.29 is 4.79 Å². The Bertz CT molecular complexity index is 337. The lowest BCUT2D eigenvalue weighted by Crippen LogP contribution is -2.30. The van der Waals surface area contributed by atoms with E-state index in [0.717, 1.165) is 23.4 Å². The van der Waals surface area contributed by atoms with Gasteiger partial charge in [-0.1, -0.05) is 0 Å². The molecule has 1 aliphatic carbocycles. The number of hydrogen-bond donors (Lipinski definition) is 2.